The van der Waals surface area contributed by atoms with E-state index in [4.69, 9.17) is 0 Å². The lowest BCUT2D eigenvalue weighted by molar-refractivity contribution is -0.115. The van der Waals surface area contributed by atoms with Gasteiger partial charge in [0, 0.05) is 44.0 Å². The molecule has 2 aromatic carbocycles. The van der Waals surface area contributed by atoms with Gasteiger partial charge in [-0.1, -0.05) is 19.1 Å². The topological polar surface area (TPSA) is 69.7 Å². The first kappa shape index (κ1) is 20.4. The van der Waals surface area contributed by atoms with Crippen LogP contribution in [0.2, 0.25) is 0 Å². The molecule has 1 heterocycles. The lowest BCUT2D eigenvalue weighted by atomic mass is 10.1. The number of sulfonamides is 1. The molecule has 1 amide bonds. The maximum atomic E-state index is 13.0. The number of nitrogens with zero attached hydrogens (tertiary/aromatic N) is 2. The summed E-state index contributed by atoms with van der Waals surface area (Å²) >= 11 is 0. The molecule has 0 spiro atoms. The second-order valence-corrected chi connectivity index (χ2v) is 8.97. The molecule has 28 heavy (non-hydrogen) atoms. The van der Waals surface area contributed by atoms with Crippen molar-refractivity contribution < 1.29 is 13.2 Å². The zero-order valence-corrected chi connectivity index (χ0v) is 17.4. The molecule has 0 radical (unpaired) electrons. The van der Waals surface area contributed by atoms with Gasteiger partial charge in [0.15, 0.2) is 0 Å². The average molecular weight is 402 g/mol. The third-order valence-electron chi connectivity index (χ3n) is 5.25. The highest BCUT2D eigenvalue weighted by atomic mass is 32.2. The van der Waals surface area contributed by atoms with E-state index in [1.54, 1.807) is 31.2 Å². The number of carbonyl (C=O) groups is 1. The van der Waals surface area contributed by atoms with Gasteiger partial charge in [-0.3, -0.25) is 4.79 Å². The standard InChI is InChI=1S/C21H27N3O3S/c1-4-21(25)22-18-8-10-19(11-9-18)28(26,27)24-14-12-23(13-15-24)20-7-5-6-16(2)17(20)3/h5-11H,4,12-15H2,1-3H3,(H,22,25). The number of benzene rings is 2. The minimum Gasteiger partial charge on any atom is -0.369 e. The van der Waals surface area contributed by atoms with Gasteiger partial charge in [-0.15, -0.1) is 0 Å². The predicted octanol–water partition coefficient (Wildman–Crippen LogP) is 3.16. The third kappa shape index (κ3) is 4.20. The molecule has 0 unspecified atom stereocenters. The summed E-state index contributed by atoms with van der Waals surface area (Å²) in [7, 11) is -3.54. The molecule has 1 aliphatic heterocycles. The first-order chi connectivity index (χ1) is 13.3. The van der Waals surface area contributed by atoms with Crippen LogP contribution in [-0.2, 0) is 14.8 Å². The van der Waals surface area contributed by atoms with E-state index < -0.39 is 10.0 Å². The van der Waals surface area contributed by atoms with Gasteiger partial charge in [-0.2, -0.15) is 4.31 Å². The van der Waals surface area contributed by atoms with Crippen molar-refractivity contribution in [1.29, 1.82) is 0 Å². The molecule has 0 aliphatic carbocycles. The van der Waals surface area contributed by atoms with Crippen LogP contribution in [0.4, 0.5) is 11.4 Å². The molecule has 1 fully saturated rings. The SMILES string of the molecule is CCC(=O)Nc1ccc(S(=O)(=O)N2CCN(c3cccc(C)c3C)CC2)cc1. The van der Waals surface area contributed by atoms with Crippen LogP contribution in [0.5, 0.6) is 0 Å². The van der Waals surface area contributed by atoms with E-state index in [1.165, 1.54) is 21.1 Å². The lowest BCUT2D eigenvalue weighted by Crippen LogP contribution is -2.48. The maximum absolute atomic E-state index is 13.0. The Morgan fingerprint density at radius 2 is 1.64 bits per heavy atom. The van der Waals surface area contributed by atoms with Crippen LogP contribution in [0, 0.1) is 13.8 Å². The molecule has 2 aromatic rings. The largest absolute Gasteiger partial charge is 0.369 e. The summed E-state index contributed by atoms with van der Waals surface area (Å²) in [5.41, 5.74) is 4.25. The summed E-state index contributed by atoms with van der Waals surface area (Å²) in [6.45, 7) is 8.18. The minimum absolute atomic E-state index is 0.0989. The summed E-state index contributed by atoms with van der Waals surface area (Å²) in [4.78, 5) is 14.0. The highest BCUT2D eigenvalue weighted by molar-refractivity contribution is 7.89. The Kier molecular flexibility index (Phi) is 6.05. The van der Waals surface area contributed by atoms with Crippen molar-refractivity contribution in [3.8, 4) is 0 Å². The Morgan fingerprint density at radius 3 is 2.25 bits per heavy atom. The van der Waals surface area contributed by atoms with Gasteiger partial charge in [-0.05, 0) is 55.3 Å². The van der Waals surface area contributed by atoms with Crippen molar-refractivity contribution in [2.45, 2.75) is 32.1 Å². The van der Waals surface area contributed by atoms with Gasteiger partial charge in [0.2, 0.25) is 15.9 Å². The number of rotatable bonds is 5. The van der Waals surface area contributed by atoms with E-state index in [9.17, 15) is 13.2 Å². The summed E-state index contributed by atoms with van der Waals surface area (Å²) in [6.07, 6.45) is 0.380. The number of hydrogen-bond acceptors (Lipinski definition) is 4. The zero-order valence-electron chi connectivity index (χ0n) is 16.6. The molecule has 0 bridgehead atoms. The van der Waals surface area contributed by atoms with Crippen molar-refractivity contribution in [1.82, 2.24) is 4.31 Å². The molecule has 0 saturated carbocycles. The maximum Gasteiger partial charge on any atom is 0.243 e. The van der Waals surface area contributed by atoms with Crippen LogP contribution in [0.3, 0.4) is 0 Å². The number of carbonyl (C=O) groups excluding carboxylic acids is 1. The first-order valence-electron chi connectivity index (χ1n) is 9.54. The van der Waals surface area contributed by atoms with Gasteiger partial charge in [0.1, 0.15) is 0 Å². The van der Waals surface area contributed by atoms with E-state index in [0.29, 0.717) is 38.3 Å². The number of anilines is 2. The monoisotopic (exact) mass is 401 g/mol. The third-order valence-corrected chi connectivity index (χ3v) is 7.17. The highest BCUT2D eigenvalue weighted by Gasteiger charge is 2.29. The molecule has 0 atom stereocenters. The fraction of sp³-hybridized carbons (Fsp3) is 0.381. The fourth-order valence-electron chi connectivity index (χ4n) is 3.36. The van der Waals surface area contributed by atoms with Gasteiger partial charge in [-0.25, -0.2) is 8.42 Å². The summed E-state index contributed by atoms with van der Waals surface area (Å²) in [6, 6.07) is 12.6. The van der Waals surface area contributed by atoms with Crippen LogP contribution in [-0.4, -0.2) is 44.8 Å². The van der Waals surface area contributed by atoms with E-state index in [1.807, 2.05) is 6.07 Å². The van der Waals surface area contributed by atoms with Crippen molar-refractivity contribution in [2.24, 2.45) is 0 Å². The Labute approximate surface area is 167 Å². The normalized spacial score (nSPS) is 15.5. The lowest BCUT2D eigenvalue weighted by Gasteiger charge is -2.36. The smallest absolute Gasteiger partial charge is 0.243 e. The van der Waals surface area contributed by atoms with Crippen LogP contribution < -0.4 is 10.2 Å². The number of nitrogens with one attached hydrogen (secondary N) is 1. The van der Waals surface area contributed by atoms with Crippen molar-refractivity contribution in [3.63, 3.8) is 0 Å². The molecule has 1 aliphatic rings. The van der Waals surface area contributed by atoms with E-state index in [0.717, 1.165) is 0 Å². The molecule has 7 heteroatoms. The van der Waals surface area contributed by atoms with Crippen molar-refractivity contribution in [2.75, 3.05) is 36.4 Å². The number of hydrogen-bond donors (Lipinski definition) is 1. The highest BCUT2D eigenvalue weighted by Crippen LogP contribution is 2.26. The Hall–Kier alpha value is -2.38. The molecular weight excluding hydrogens is 374 g/mol. The molecule has 3 rings (SSSR count). The second kappa shape index (κ2) is 8.32. The molecular formula is C21H27N3O3S. The van der Waals surface area contributed by atoms with Crippen LogP contribution in [0.15, 0.2) is 47.4 Å². The van der Waals surface area contributed by atoms with Crippen LogP contribution in [0.25, 0.3) is 0 Å². The predicted molar refractivity (Wildman–Crippen MR) is 112 cm³/mol. The number of aryl methyl sites for hydroxylation is 1. The van der Waals surface area contributed by atoms with Crippen molar-refractivity contribution >= 4 is 27.3 Å². The minimum atomic E-state index is -3.54. The molecule has 1 N–H and O–H groups in total. The first-order valence-corrected chi connectivity index (χ1v) is 11.0. The zero-order chi connectivity index (χ0) is 20.3. The van der Waals surface area contributed by atoms with Gasteiger partial charge in [0.25, 0.3) is 0 Å². The Bertz CT molecular complexity index is 947. The quantitative estimate of drug-likeness (QED) is 0.836. The Morgan fingerprint density at radius 1 is 1.00 bits per heavy atom. The van der Waals surface area contributed by atoms with Gasteiger partial charge < -0.3 is 10.2 Å². The summed E-state index contributed by atoms with van der Waals surface area (Å²) in [5.74, 6) is -0.0989. The van der Waals surface area contributed by atoms with E-state index in [-0.39, 0.29) is 10.8 Å². The number of amides is 1. The molecule has 6 nitrogen and oxygen atoms in total. The van der Waals surface area contributed by atoms with E-state index >= 15 is 0 Å². The Balaban J connectivity index is 1.69. The van der Waals surface area contributed by atoms with Crippen molar-refractivity contribution in [3.05, 3.63) is 53.6 Å². The number of piperazine rings is 1. The van der Waals surface area contributed by atoms with Gasteiger partial charge in [0.05, 0.1) is 4.90 Å². The molecule has 1 saturated heterocycles. The molecule has 150 valence electrons. The van der Waals surface area contributed by atoms with Crippen LogP contribution in [0.1, 0.15) is 24.5 Å². The molecule has 0 aromatic heterocycles. The second-order valence-electron chi connectivity index (χ2n) is 7.04. The summed E-state index contributed by atoms with van der Waals surface area (Å²) < 4.78 is 27.5. The van der Waals surface area contributed by atoms with Crippen LogP contribution >= 0.6 is 0 Å². The van der Waals surface area contributed by atoms with Gasteiger partial charge >= 0.3 is 0 Å². The average Bonchev–Trinajstić information content (AvgIpc) is 2.70. The fourth-order valence-corrected chi connectivity index (χ4v) is 4.78. The van der Waals surface area contributed by atoms with E-state index in [2.05, 4.69) is 36.2 Å². The summed E-state index contributed by atoms with van der Waals surface area (Å²) in [5, 5.41) is 2.73.